The second-order valence-corrected chi connectivity index (χ2v) is 8.78. The van der Waals surface area contributed by atoms with Crippen molar-refractivity contribution in [2.45, 2.75) is 11.3 Å². The van der Waals surface area contributed by atoms with Crippen molar-refractivity contribution in [2.75, 3.05) is 32.8 Å². The highest BCUT2D eigenvalue weighted by Gasteiger charge is 2.30. The van der Waals surface area contributed by atoms with Crippen molar-refractivity contribution >= 4 is 33.2 Å². The third-order valence-corrected chi connectivity index (χ3v) is 6.90. The summed E-state index contributed by atoms with van der Waals surface area (Å²) in [5, 5.41) is 3.73. The number of nitrogens with zero attached hydrogens (tertiary/aromatic N) is 2. The fraction of sp³-hybridized carbons (Fsp3) is 0.333. The Morgan fingerprint density at radius 3 is 2.37 bits per heavy atom. The van der Waals surface area contributed by atoms with E-state index in [0.29, 0.717) is 0 Å². The maximum Gasteiger partial charge on any atom is 0.310 e. The number of thiophene rings is 1. The van der Waals surface area contributed by atoms with Crippen LogP contribution in [0.5, 0.6) is 0 Å². The van der Waals surface area contributed by atoms with E-state index < -0.39 is 16.0 Å². The van der Waals surface area contributed by atoms with Gasteiger partial charge in [-0.3, -0.25) is 9.59 Å². The van der Waals surface area contributed by atoms with E-state index in [-0.39, 0.29) is 50.0 Å². The standard InChI is InChI=1S/C18H20N2O5S2/c21-17(13-25-18(22)12-15-6-11-26-14-15)19-7-9-20(10-8-19)27(23,24)16-4-2-1-3-5-16/h1-6,11,14H,7-10,12-13H2. The fourth-order valence-corrected chi connectivity index (χ4v) is 4.88. The third kappa shape index (κ3) is 4.94. The van der Waals surface area contributed by atoms with Crippen LogP contribution in [0.3, 0.4) is 0 Å². The molecule has 0 unspecified atom stereocenters. The molecule has 1 saturated heterocycles. The average molecular weight is 409 g/mol. The van der Waals surface area contributed by atoms with Crippen LogP contribution in [-0.2, 0) is 30.8 Å². The van der Waals surface area contributed by atoms with Crippen LogP contribution < -0.4 is 0 Å². The number of carbonyl (C=O) groups is 2. The molecule has 0 bridgehead atoms. The first-order valence-electron chi connectivity index (χ1n) is 8.46. The second kappa shape index (κ2) is 8.64. The van der Waals surface area contributed by atoms with Crippen molar-refractivity contribution in [3.05, 3.63) is 52.7 Å². The largest absolute Gasteiger partial charge is 0.455 e. The molecule has 1 aromatic carbocycles. The molecule has 9 heteroatoms. The molecule has 0 N–H and O–H groups in total. The minimum absolute atomic E-state index is 0.139. The van der Waals surface area contributed by atoms with Gasteiger partial charge in [-0.1, -0.05) is 18.2 Å². The maximum atomic E-state index is 12.6. The number of esters is 1. The molecule has 1 amide bonds. The lowest BCUT2D eigenvalue weighted by Crippen LogP contribution is -2.51. The molecule has 3 rings (SSSR count). The molecule has 0 saturated carbocycles. The summed E-state index contributed by atoms with van der Waals surface area (Å²) in [6.45, 7) is 0.645. The number of amides is 1. The van der Waals surface area contributed by atoms with Gasteiger partial charge in [0, 0.05) is 26.2 Å². The van der Waals surface area contributed by atoms with Crippen LogP contribution in [0, 0.1) is 0 Å². The van der Waals surface area contributed by atoms with Crippen molar-refractivity contribution in [1.82, 2.24) is 9.21 Å². The van der Waals surface area contributed by atoms with Crippen LogP contribution in [0.15, 0.2) is 52.1 Å². The van der Waals surface area contributed by atoms with E-state index >= 15 is 0 Å². The lowest BCUT2D eigenvalue weighted by Gasteiger charge is -2.33. The van der Waals surface area contributed by atoms with Crippen molar-refractivity contribution in [2.24, 2.45) is 0 Å². The smallest absolute Gasteiger partial charge is 0.310 e. The molecular weight excluding hydrogens is 388 g/mol. The molecule has 1 aliphatic heterocycles. The predicted molar refractivity (Wildman–Crippen MR) is 101 cm³/mol. The van der Waals surface area contributed by atoms with Crippen molar-refractivity contribution < 1.29 is 22.7 Å². The lowest BCUT2D eigenvalue weighted by molar-refractivity contribution is -0.152. The van der Waals surface area contributed by atoms with E-state index in [1.807, 2.05) is 16.8 Å². The monoisotopic (exact) mass is 408 g/mol. The minimum Gasteiger partial charge on any atom is -0.455 e. The summed E-state index contributed by atoms with van der Waals surface area (Å²) in [5.74, 6) is -0.766. The van der Waals surface area contributed by atoms with Gasteiger partial charge in [0.15, 0.2) is 6.61 Å². The normalized spacial score (nSPS) is 15.5. The van der Waals surface area contributed by atoms with E-state index in [9.17, 15) is 18.0 Å². The predicted octanol–water partition coefficient (Wildman–Crippen LogP) is 1.37. The molecule has 2 heterocycles. The van der Waals surface area contributed by atoms with Gasteiger partial charge in [0.1, 0.15) is 0 Å². The minimum atomic E-state index is -3.55. The summed E-state index contributed by atoms with van der Waals surface area (Å²) in [4.78, 5) is 25.7. The van der Waals surface area contributed by atoms with Crippen LogP contribution in [-0.4, -0.2) is 62.3 Å². The van der Waals surface area contributed by atoms with E-state index in [0.717, 1.165) is 5.56 Å². The summed E-state index contributed by atoms with van der Waals surface area (Å²) in [5.41, 5.74) is 0.859. The second-order valence-electron chi connectivity index (χ2n) is 6.07. The first kappa shape index (κ1) is 19.5. The van der Waals surface area contributed by atoms with Gasteiger partial charge in [0.2, 0.25) is 10.0 Å². The summed E-state index contributed by atoms with van der Waals surface area (Å²) >= 11 is 1.49. The van der Waals surface area contributed by atoms with Crippen LogP contribution in [0.2, 0.25) is 0 Å². The number of hydrogen-bond donors (Lipinski definition) is 0. The summed E-state index contributed by atoms with van der Waals surface area (Å²) in [7, 11) is -3.55. The number of hydrogen-bond acceptors (Lipinski definition) is 6. The van der Waals surface area contributed by atoms with Gasteiger partial charge in [0.25, 0.3) is 5.91 Å². The van der Waals surface area contributed by atoms with Gasteiger partial charge in [0.05, 0.1) is 11.3 Å². The van der Waals surface area contributed by atoms with E-state index in [1.54, 1.807) is 30.3 Å². The Hall–Kier alpha value is -2.23. The fourth-order valence-electron chi connectivity index (χ4n) is 2.76. The van der Waals surface area contributed by atoms with E-state index in [1.165, 1.54) is 20.5 Å². The third-order valence-electron chi connectivity index (χ3n) is 4.26. The van der Waals surface area contributed by atoms with Gasteiger partial charge in [-0.25, -0.2) is 8.42 Å². The van der Waals surface area contributed by atoms with Crippen molar-refractivity contribution in [1.29, 1.82) is 0 Å². The number of sulfonamides is 1. The van der Waals surface area contributed by atoms with Gasteiger partial charge in [-0.2, -0.15) is 15.6 Å². The zero-order valence-corrected chi connectivity index (χ0v) is 16.2. The Morgan fingerprint density at radius 1 is 1.04 bits per heavy atom. The first-order valence-corrected chi connectivity index (χ1v) is 10.8. The SMILES string of the molecule is O=C(Cc1ccsc1)OCC(=O)N1CCN(S(=O)(=O)c2ccccc2)CC1. The van der Waals surface area contributed by atoms with Crippen LogP contribution in [0.1, 0.15) is 5.56 Å². The molecule has 27 heavy (non-hydrogen) atoms. The lowest BCUT2D eigenvalue weighted by atomic mass is 10.2. The molecule has 0 atom stereocenters. The highest BCUT2D eigenvalue weighted by molar-refractivity contribution is 7.89. The molecule has 1 aromatic heterocycles. The number of ether oxygens (including phenoxy) is 1. The Bertz CT molecular complexity index is 874. The average Bonchev–Trinajstić information content (AvgIpc) is 3.20. The van der Waals surface area contributed by atoms with Gasteiger partial charge in [-0.05, 0) is 34.5 Å². The topological polar surface area (TPSA) is 84.0 Å². The highest BCUT2D eigenvalue weighted by Crippen LogP contribution is 2.17. The molecule has 2 aromatic rings. The van der Waals surface area contributed by atoms with Crippen molar-refractivity contribution in [3.8, 4) is 0 Å². The zero-order chi connectivity index (χ0) is 19.3. The van der Waals surface area contributed by atoms with Crippen LogP contribution in [0.4, 0.5) is 0 Å². The highest BCUT2D eigenvalue weighted by atomic mass is 32.2. The number of carbonyl (C=O) groups excluding carboxylic acids is 2. The van der Waals surface area contributed by atoms with Crippen LogP contribution >= 0.6 is 11.3 Å². The maximum absolute atomic E-state index is 12.6. The molecule has 144 valence electrons. The zero-order valence-electron chi connectivity index (χ0n) is 14.6. The van der Waals surface area contributed by atoms with Gasteiger partial charge < -0.3 is 9.64 Å². The summed E-state index contributed by atoms with van der Waals surface area (Å²) in [6.07, 6.45) is 0.139. The molecule has 0 spiro atoms. The van der Waals surface area contributed by atoms with E-state index in [2.05, 4.69) is 0 Å². The van der Waals surface area contributed by atoms with Gasteiger partial charge >= 0.3 is 5.97 Å². The molecular formula is C18H20N2O5S2. The number of piperazine rings is 1. The number of benzene rings is 1. The molecule has 1 fully saturated rings. The Balaban J connectivity index is 1.47. The van der Waals surface area contributed by atoms with Crippen molar-refractivity contribution in [3.63, 3.8) is 0 Å². The van der Waals surface area contributed by atoms with Crippen LogP contribution in [0.25, 0.3) is 0 Å². The number of rotatable bonds is 6. The Morgan fingerprint density at radius 2 is 1.74 bits per heavy atom. The summed E-state index contributed by atoms with van der Waals surface area (Å²) < 4.78 is 31.6. The molecule has 1 aliphatic rings. The Kier molecular flexibility index (Phi) is 6.25. The molecule has 0 radical (unpaired) electrons. The van der Waals surface area contributed by atoms with E-state index in [4.69, 9.17) is 4.74 Å². The molecule has 7 nitrogen and oxygen atoms in total. The quantitative estimate of drug-likeness (QED) is 0.674. The molecule has 0 aliphatic carbocycles. The first-order chi connectivity index (χ1) is 13.0. The van der Waals surface area contributed by atoms with Gasteiger partial charge in [-0.15, -0.1) is 0 Å². The summed E-state index contributed by atoms with van der Waals surface area (Å²) in [6, 6.07) is 10.1. The Labute approximate surface area is 162 Å².